The van der Waals surface area contributed by atoms with Crippen molar-refractivity contribution in [3.8, 4) is 11.5 Å². The van der Waals surface area contributed by atoms with Gasteiger partial charge in [-0.25, -0.2) is 9.59 Å². The smallest absolute Gasteiger partial charge is 0.343 e. The van der Waals surface area contributed by atoms with Gasteiger partial charge in [-0.1, -0.05) is 0 Å². The number of ether oxygens (including phenoxy) is 4. The lowest BCUT2D eigenvalue weighted by molar-refractivity contribution is -0.143. The van der Waals surface area contributed by atoms with E-state index in [1.807, 2.05) is 0 Å². The average Bonchev–Trinajstić information content (AvgIpc) is 2.49. The molecule has 0 spiro atoms. The summed E-state index contributed by atoms with van der Waals surface area (Å²) in [6.07, 6.45) is 0.580. The monoisotopic (exact) mass is 282 g/mol. The molecule has 0 fully saturated rings. The predicted molar refractivity (Wildman–Crippen MR) is 66.9 cm³/mol. The summed E-state index contributed by atoms with van der Waals surface area (Å²) >= 11 is 0. The van der Waals surface area contributed by atoms with E-state index in [0.29, 0.717) is 12.0 Å². The van der Waals surface area contributed by atoms with E-state index in [9.17, 15) is 14.4 Å². The van der Waals surface area contributed by atoms with E-state index in [0.717, 1.165) is 0 Å². The van der Waals surface area contributed by atoms with Gasteiger partial charge >= 0.3 is 11.9 Å². The van der Waals surface area contributed by atoms with Crippen molar-refractivity contribution < 1.29 is 33.3 Å². The molecular weight excluding hydrogens is 268 g/mol. The third-order valence-electron chi connectivity index (χ3n) is 2.27. The predicted octanol–water partition coefficient (Wildman–Crippen LogP) is 0.603. The number of hydrogen-bond acceptors (Lipinski definition) is 7. The summed E-state index contributed by atoms with van der Waals surface area (Å²) in [7, 11) is 2.47. The molecule has 108 valence electrons. The highest BCUT2D eigenvalue weighted by Gasteiger charge is 2.09. The van der Waals surface area contributed by atoms with Crippen LogP contribution in [0.25, 0.3) is 0 Å². The van der Waals surface area contributed by atoms with Gasteiger partial charge in [-0.3, -0.25) is 4.79 Å². The lowest BCUT2D eigenvalue weighted by Crippen LogP contribution is -2.14. The first-order valence-electron chi connectivity index (χ1n) is 5.59. The normalized spacial score (nSPS) is 9.50. The molecule has 0 amide bonds. The Kier molecular flexibility index (Phi) is 6.02. The lowest BCUT2D eigenvalue weighted by atomic mass is 10.2. The van der Waals surface area contributed by atoms with Crippen LogP contribution in [0, 0.1) is 0 Å². The molecule has 20 heavy (non-hydrogen) atoms. The Morgan fingerprint density at radius 1 is 1.05 bits per heavy atom. The number of benzene rings is 1. The minimum atomic E-state index is -0.581. The standard InChI is InChI=1S/C13H14O7/c1-17-12(15)7-19-10-4-3-9(6-14)11(5-10)20-8-13(16)18-2/h3-6H,7-8H2,1-2H3. The summed E-state index contributed by atoms with van der Waals surface area (Å²) in [6.45, 7) is -0.606. The summed E-state index contributed by atoms with van der Waals surface area (Å²) in [5.74, 6) is -0.655. The van der Waals surface area contributed by atoms with Gasteiger partial charge in [0.05, 0.1) is 19.8 Å². The van der Waals surface area contributed by atoms with Crippen LogP contribution in [0.1, 0.15) is 10.4 Å². The second kappa shape index (κ2) is 7.78. The Morgan fingerprint density at radius 2 is 1.65 bits per heavy atom. The topological polar surface area (TPSA) is 88.1 Å². The van der Waals surface area contributed by atoms with Crippen LogP contribution < -0.4 is 9.47 Å². The zero-order chi connectivity index (χ0) is 15.0. The van der Waals surface area contributed by atoms with Crippen LogP contribution in [0.5, 0.6) is 11.5 Å². The first-order valence-corrected chi connectivity index (χ1v) is 5.59. The number of esters is 2. The average molecular weight is 282 g/mol. The summed E-state index contributed by atoms with van der Waals surface area (Å²) in [6, 6.07) is 4.35. The molecule has 0 saturated carbocycles. The van der Waals surface area contributed by atoms with E-state index < -0.39 is 11.9 Å². The summed E-state index contributed by atoms with van der Waals surface area (Å²) < 4.78 is 19.2. The number of carbonyl (C=O) groups is 3. The maximum atomic E-state index is 11.0. The van der Waals surface area contributed by atoms with Gasteiger partial charge in [0.2, 0.25) is 0 Å². The van der Waals surface area contributed by atoms with Gasteiger partial charge < -0.3 is 18.9 Å². The van der Waals surface area contributed by atoms with Crippen molar-refractivity contribution in [3.05, 3.63) is 23.8 Å². The maximum absolute atomic E-state index is 11.0. The fourth-order valence-electron chi connectivity index (χ4n) is 1.22. The fraction of sp³-hybridized carbons (Fsp3) is 0.308. The summed E-state index contributed by atoms with van der Waals surface area (Å²) in [5.41, 5.74) is 0.249. The zero-order valence-electron chi connectivity index (χ0n) is 11.1. The second-order valence-electron chi connectivity index (χ2n) is 3.55. The van der Waals surface area contributed by atoms with Gasteiger partial charge in [0, 0.05) is 6.07 Å². The summed E-state index contributed by atoms with van der Waals surface area (Å²) in [4.78, 5) is 32.8. The van der Waals surface area contributed by atoms with Crippen molar-refractivity contribution >= 4 is 18.2 Å². The third kappa shape index (κ3) is 4.60. The molecule has 7 nitrogen and oxygen atoms in total. The minimum Gasteiger partial charge on any atom is -0.482 e. The van der Waals surface area contributed by atoms with Crippen LogP contribution in [0.15, 0.2) is 18.2 Å². The zero-order valence-corrected chi connectivity index (χ0v) is 11.1. The Morgan fingerprint density at radius 3 is 2.20 bits per heavy atom. The van der Waals surface area contributed by atoms with Crippen LogP contribution in [0.2, 0.25) is 0 Å². The molecule has 0 radical (unpaired) electrons. The van der Waals surface area contributed by atoms with E-state index in [4.69, 9.17) is 9.47 Å². The first-order chi connectivity index (χ1) is 9.60. The molecule has 1 aromatic carbocycles. The van der Waals surface area contributed by atoms with Gasteiger partial charge in [0.25, 0.3) is 0 Å². The minimum absolute atomic E-state index is 0.160. The molecule has 1 aromatic rings. The van der Waals surface area contributed by atoms with E-state index in [1.165, 1.54) is 32.4 Å². The van der Waals surface area contributed by atoms with Gasteiger partial charge in [-0.2, -0.15) is 0 Å². The van der Waals surface area contributed by atoms with Gasteiger partial charge in [0.1, 0.15) is 11.5 Å². The number of aldehydes is 1. The molecule has 0 aromatic heterocycles. The highest BCUT2D eigenvalue weighted by molar-refractivity contribution is 5.80. The molecular formula is C13H14O7. The van der Waals surface area contributed by atoms with Crippen LogP contribution in [-0.2, 0) is 19.1 Å². The largest absolute Gasteiger partial charge is 0.482 e. The van der Waals surface area contributed by atoms with Crippen LogP contribution in [-0.4, -0.2) is 45.7 Å². The Labute approximate surface area is 115 Å². The van der Waals surface area contributed by atoms with Crippen molar-refractivity contribution in [1.82, 2.24) is 0 Å². The van der Waals surface area contributed by atoms with E-state index in [1.54, 1.807) is 0 Å². The van der Waals surface area contributed by atoms with Crippen LogP contribution in [0.4, 0.5) is 0 Å². The molecule has 7 heteroatoms. The quantitative estimate of drug-likeness (QED) is 0.534. The molecule has 1 rings (SSSR count). The van der Waals surface area contributed by atoms with Gasteiger partial charge in [-0.15, -0.1) is 0 Å². The van der Waals surface area contributed by atoms with Crippen LogP contribution in [0.3, 0.4) is 0 Å². The number of carbonyl (C=O) groups excluding carboxylic acids is 3. The van der Waals surface area contributed by atoms with Crippen molar-refractivity contribution in [2.75, 3.05) is 27.4 Å². The maximum Gasteiger partial charge on any atom is 0.343 e. The van der Waals surface area contributed by atoms with Crippen molar-refractivity contribution in [1.29, 1.82) is 0 Å². The van der Waals surface area contributed by atoms with Gasteiger partial charge in [-0.05, 0) is 12.1 Å². The highest BCUT2D eigenvalue weighted by atomic mass is 16.6. The van der Waals surface area contributed by atoms with E-state index in [-0.39, 0.29) is 24.5 Å². The fourth-order valence-corrected chi connectivity index (χ4v) is 1.22. The molecule has 0 unspecified atom stereocenters. The molecule has 0 atom stereocenters. The number of hydrogen-bond donors (Lipinski definition) is 0. The number of methoxy groups -OCH3 is 2. The number of rotatable bonds is 7. The molecule has 0 saturated heterocycles. The molecule has 0 aliphatic rings. The lowest BCUT2D eigenvalue weighted by Gasteiger charge is -2.10. The molecule has 0 aliphatic heterocycles. The van der Waals surface area contributed by atoms with Crippen molar-refractivity contribution in [2.24, 2.45) is 0 Å². The second-order valence-corrected chi connectivity index (χ2v) is 3.55. The highest BCUT2D eigenvalue weighted by Crippen LogP contribution is 2.23. The molecule has 0 bridgehead atoms. The van der Waals surface area contributed by atoms with E-state index >= 15 is 0 Å². The van der Waals surface area contributed by atoms with Crippen LogP contribution >= 0.6 is 0 Å². The Balaban J connectivity index is 2.77. The molecule has 0 N–H and O–H groups in total. The van der Waals surface area contributed by atoms with E-state index in [2.05, 4.69) is 9.47 Å². The molecule has 0 aliphatic carbocycles. The van der Waals surface area contributed by atoms with Crippen molar-refractivity contribution in [2.45, 2.75) is 0 Å². The Hall–Kier alpha value is -2.57. The molecule has 0 heterocycles. The summed E-state index contributed by atoms with van der Waals surface area (Å²) in [5, 5.41) is 0. The first kappa shape index (κ1) is 15.5. The van der Waals surface area contributed by atoms with Gasteiger partial charge in [0.15, 0.2) is 19.5 Å². The van der Waals surface area contributed by atoms with Crippen molar-refractivity contribution in [3.63, 3.8) is 0 Å². The Bertz CT molecular complexity index is 495. The SMILES string of the molecule is COC(=O)COc1ccc(C=O)c(OCC(=O)OC)c1. The third-order valence-corrected chi connectivity index (χ3v) is 2.27.